The van der Waals surface area contributed by atoms with Crippen LogP contribution in [-0.2, 0) is 13.0 Å². The van der Waals surface area contributed by atoms with E-state index in [1.54, 1.807) is 6.07 Å². The van der Waals surface area contributed by atoms with Crippen molar-refractivity contribution in [3.8, 4) is 11.4 Å². The summed E-state index contributed by atoms with van der Waals surface area (Å²) in [6.45, 7) is 1.69. The number of nitrogens with zero attached hydrogens (tertiary/aromatic N) is 2. The fourth-order valence-corrected chi connectivity index (χ4v) is 2.31. The van der Waals surface area contributed by atoms with Crippen molar-refractivity contribution < 1.29 is 4.39 Å². The summed E-state index contributed by atoms with van der Waals surface area (Å²) in [5, 5.41) is 6.40. The van der Waals surface area contributed by atoms with Gasteiger partial charge in [-0.15, -0.1) is 0 Å². The number of fused-ring (bicyclic) bond motifs is 1. The molecule has 0 saturated heterocycles. The van der Waals surface area contributed by atoms with Crippen molar-refractivity contribution in [3.63, 3.8) is 0 Å². The topological polar surface area (TPSA) is 49.8 Å². The van der Waals surface area contributed by atoms with Crippen LogP contribution in [0.15, 0.2) is 24.3 Å². The Kier molecular flexibility index (Phi) is 3.13. The van der Waals surface area contributed by atoms with E-state index in [-0.39, 0.29) is 5.82 Å². The number of anilines is 1. The quantitative estimate of drug-likeness (QED) is 0.864. The second kappa shape index (κ2) is 4.93. The van der Waals surface area contributed by atoms with E-state index >= 15 is 0 Å². The van der Waals surface area contributed by atoms with Crippen LogP contribution in [0.2, 0.25) is 0 Å². The fourth-order valence-electron chi connectivity index (χ4n) is 2.31. The zero-order valence-corrected chi connectivity index (χ0v) is 10.7. The third-order valence-corrected chi connectivity index (χ3v) is 3.25. The van der Waals surface area contributed by atoms with Crippen LogP contribution in [0.4, 0.5) is 10.2 Å². The zero-order valence-electron chi connectivity index (χ0n) is 10.7. The molecule has 1 aromatic carbocycles. The molecule has 0 atom stereocenters. The van der Waals surface area contributed by atoms with E-state index < -0.39 is 0 Å². The Balaban J connectivity index is 2.12. The van der Waals surface area contributed by atoms with Gasteiger partial charge in [0, 0.05) is 37.7 Å². The molecule has 2 heterocycles. The van der Waals surface area contributed by atoms with E-state index in [1.807, 2.05) is 13.1 Å². The summed E-state index contributed by atoms with van der Waals surface area (Å²) in [6, 6.07) is 6.38. The van der Waals surface area contributed by atoms with Crippen LogP contribution >= 0.6 is 0 Å². The van der Waals surface area contributed by atoms with Gasteiger partial charge in [-0.1, -0.05) is 12.1 Å². The highest BCUT2D eigenvalue weighted by molar-refractivity contribution is 5.60. The Hall–Kier alpha value is -2.01. The molecule has 0 radical (unpaired) electrons. The molecule has 98 valence electrons. The third kappa shape index (κ3) is 2.29. The van der Waals surface area contributed by atoms with Gasteiger partial charge >= 0.3 is 0 Å². The van der Waals surface area contributed by atoms with Gasteiger partial charge in [-0.05, 0) is 12.1 Å². The lowest BCUT2D eigenvalue weighted by molar-refractivity contribution is 0.625. The first-order chi connectivity index (χ1) is 9.28. The molecule has 2 N–H and O–H groups in total. The highest BCUT2D eigenvalue weighted by Crippen LogP contribution is 2.24. The smallest absolute Gasteiger partial charge is 0.161 e. The standard InChI is InChI=1S/C14H15FN4/c1-16-14-11-8-17-6-5-12(11)18-13(19-14)9-3-2-4-10(15)7-9/h2-4,7,17H,5-6,8H2,1H3,(H,16,18,19). The molecule has 19 heavy (non-hydrogen) atoms. The van der Waals surface area contributed by atoms with Gasteiger partial charge in [0.25, 0.3) is 0 Å². The maximum atomic E-state index is 13.3. The molecular formula is C14H15FN4. The molecule has 1 aliphatic heterocycles. The minimum atomic E-state index is -0.272. The summed E-state index contributed by atoms with van der Waals surface area (Å²) in [5.41, 5.74) is 2.85. The Bertz CT molecular complexity index is 595. The second-order valence-electron chi connectivity index (χ2n) is 4.51. The largest absolute Gasteiger partial charge is 0.373 e. The molecule has 0 aliphatic carbocycles. The lowest BCUT2D eigenvalue weighted by Crippen LogP contribution is -2.26. The maximum absolute atomic E-state index is 13.3. The Morgan fingerprint density at radius 1 is 1.32 bits per heavy atom. The zero-order chi connectivity index (χ0) is 13.2. The predicted octanol–water partition coefficient (Wildman–Crippen LogP) is 1.97. The maximum Gasteiger partial charge on any atom is 0.161 e. The molecule has 1 aliphatic rings. The summed E-state index contributed by atoms with van der Waals surface area (Å²) in [6.07, 6.45) is 0.870. The van der Waals surface area contributed by atoms with Gasteiger partial charge < -0.3 is 10.6 Å². The fraction of sp³-hybridized carbons (Fsp3) is 0.286. The molecule has 0 unspecified atom stereocenters. The first-order valence-corrected chi connectivity index (χ1v) is 6.32. The average Bonchev–Trinajstić information content (AvgIpc) is 2.46. The summed E-state index contributed by atoms with van der Waals surface area (Å²) >= 11 is 0. The van der Waals surface area contributed by atoms with Crippen molar-refractivity contribution in [2.75, 3.05) is 18.9 Å². The van der Waals surface area contributed by atoms with Crippen molar-refractivity contribution in [1.29, 1.82) is 0 Å². The average molecular weight is 258 g/mol. The molecule has 2 aromatic rings. The van der Waals surface area contributed by atoms with Crippen LogP contribution in [0.5, 0.6) is 0 Å². The number of rotatable bonds is 2. The molecule has 5 heteroatoms. The number of halogens is 1. The molecule has 1 aromatic heterocycles. The number of nitrogens with one attached hydrogen (secondary N) is 2. The van der Waals surface area contributed by atoms with Gasteiger partial charge in [0.2, 0.25) is 0 Å². The van der Waals surface area contributed by atoms with Crippen molar-refractivity contribution >= 4 is 5.82 Å². The Labute approximate surface area is 111 Å². The predicted molar refractivity (Wildman–Crippen MR) is 72.4 cm³/mol. The van der Waals surface area contributed by atoms with E-state index in [0.717, 1.165) is 36.6 Å². The van der Waals surface area contributed by atoms with E-state index in [1.165, 1.54) is 12.1 Å². The van der Waals surface area contributed by atoms with Crippen molar-refractivity contribution in [1.82, 2.24) is 15.3 Å². The van der Waals surface area contributed by atoms with Crippen LogP contribution in [0, 0.1) is 5.82 Å². The Morgan fingerprint density at radius 3 is 3.00 bits per heavy atom. The van der Waals surface area contributed by atoms with E-state index in [4.69, 9.17) is 0 Å². The van der Waals surface area contributed by atoms with Crippen molar-refractivity contribution in [2.45, 2.75) is 13.0 Å². The van der Waals surface area contributed by atoms with Crippen LogP contribution in [-0.4, -0.2) is 23.6 Å². The molecule has 0 saturated carbocycles. The van der Waals surface area contributed by atoms with Gasteiger partial charge in [-0.25, -0.2) is 14.4 Å². The highest BCUT2D eigenvalue weighted by Gasteiger charge is 2.17. The highest BCUT2D eigenvalue weighted by atomic mass is 19.1. The molecule has 0 spiro atoms. The van der Waals surface area contributed by atoms with E-state index in [9.17, 15) is 4.39 Å². The minimum Gasteiger partial charge on any atom is -0.373 e. The number of hydrogen-bond acceptors (Lipinski definition) is 4. The first kappa shape index (κ1) is 12.0. The summed E-state index contributed by atoms with van der Waals surface area (Å²) in [4.78, 5) is 9.06. The van der Waals surface area contributed by atoms with Crippen LogP contribution < -0.4 is 10.6 Å². The minimum absolute atomic E-state index is 0.272. The Morgan fingerprint density at radius 2 is 2.21 bits per heavy atom. The van der Waals surface area contributed by atoms with Crippen molar-refractivity contribution in [3.05, 3.63) is 41.3 Å². The van der Waals surface area contributed by atoms with Gasteiger partial charge in [0.15, 0.2) is 5.82 Å². The molecule has 4 nitrogen and oxygen atoms in total. The number of hydrogen-bond donors (Lipinski definition) is 2. The SMILES string of the molecule is CNc1nc(-c2cccc(F)c2)nc2c1CNCC2. The number of benzene rings is 1. The van der Waals surface area contributed by atoms with Crippen LogP contribution in [0.25, 0.3) is 11.4 Å². The van der Waals surface area contributed by atoms with Gasteiger partial charge in [-0.3, -0.25) is 0 Å². The van der Waals surface area contributed by atoms with Gasteiger partial charge in [0.1, 0.15) is 11.6 Å². The third-order valence-electron chi connectivity index (χ3n) is 3.25. The van der Waals surface area contributed by atoms with Crippen LogP contribution in [0.1, 0.15) is 11.3 Å². The van der Waals surface area contributed by atoms with Gasteiger partial charge in [0.05, 0.1) is 5.69 Å². The van der Waals surface area contributed by atoms with E-state index in [2.05, 4.69) is 20.6 Å². The van der Waals surface area contributed by atoms with Gasteiger partial charge in [-0.2, -0.15) is 0 Å². The lowest BCUT2D eigenvalue weighted by atomic mass is 10.1. The monoisotopic (exact) mass is 258 g/mol. The molecule has 0 amide bonds. The second-order valence-corrected chi connectivity index (χ2v) is 4.51. The normalized spacial score (nSPS) is 14.0. The molecule has 0 bridgehead atoms. The summed E-state index contributed by atoms with van der Waals surface area (Å²) in [7, 11) is 1.84. The first-order valence-electron chi connectivity index (χ1n) is 6.32. The van der Waals surface area contributed by atoms with Crippen molar-refractivity contribution in [2.24, 2.45) is 0 Å². The number of aromatic nitrogens is 2. The molecular weight excluding hydrogens is 243 g/mol. The summed E-state index contributed by atoms with van der Waals surface area (Å²) < 4.78 is 13.3. The molecule has 0 fully saturated rings. The summed E-state index contributed by atoms with van der Waals surface area (Å²) in [5.74, 6) is 1.12. The van der Waals surface area contributed by atoms with E-state index in [0.29, 0.717) is 11.4 Å². The molecule has 3 rings (SSSR count). The lowest BCUT2D eigenvalue weighted by Gasteiger charge is -2.19. The van der Waals surface area contributed by atoms with Crippen LogP contribution in [0.3, 0.4) is 0 Å².